The van der Waals surface area contributed by atoms with Crippen molar-refractivity contribution in [3.05, 3.63) is 47.8 Å². The molecular weight excluding hydrogens is 771 g/mol. The maximum absolute atomic E-state index is 12.3. The van der Waals surface area contributed by atoms with Crippen LogP contribution in [0.2, 0.25) is 0 Å². The lowest BCUT2D eigenvalue weighted by Crippen LogP contribution is -2.57. The van der Waals surface area contributed by atoms with Gasteiger partial charge in [0.05, 0.1) is 30.7 Å². The predicted molar refractivity (Wildman–Crippen MR) is 237 cm³/mol. The largest absolute Gasteiger partial charge is 0.465 e. The number of nitrogens with one attached hydrogen (secondary N) is 3. The second-order valence-corrected chi connectivity index (χ2v) is 17.8. The number of aromatic nitrogens is 2. The van der Waals surface area contributed by atoms with Crippen molar-refractivity contribution in [3.8, 4) is 11.3 Å². The number of methoxy groups -OCH3 is 1. The lowest BCUT2D eigenvalue weighted by molar-refractivity contribution is -0.144. The third kappa shape index (κ3) is 14.5. The first-order valence-corrected chi connectivity index (χ1v) is 21.8. The number of pyridine rings is 1. The minimum atomic E-state index is -0.621. The molecule has 328 valence electrons. The average Bonchev–Trinajstić information content (AvgIpc) is 3.96. The Bertz CT molecular complexity index is 1820. The van der Waals surface area contributed by atoms with Gasteiger partial charge in [0.25, 0.3) is 5.91 Å². The van der Waals surface area contributed by atoms with Crippen molar-refractivity contribution >= 4 is 52.5 Å². The number of hydrogen-bond donors (Lipinski definition) is 4. The molecule has 3 amide bonds. The Morgan fingerprint density at radius 2 is 1.86 bits per heavy atom. The number of esters is 1. The standard InChI is InChI=1S/C27H37N3O4.C14H26N4O3.C3H6S/c1-7-30-24-11-10-20(28-13-14-31)15-22(24)23(16-27(4,5)17-34-19(3)32)26(30)21-9-8-12-29-25(21)18(2)33-6;1-10(2)12(17(4)9-19)13(20)16-11(3)14(21)18-8-6-5-7-15-18;1-3-2-4-3/h8-12,15,18,28,31H,7,13-14,16-17H2,1-6H3;9-12,15H,5-8H2,1-4H3,(H,16,20);3H,2H2,1H3. The Morgan fingerprint density at radius 3 is 2.41 bits per heavy atom. The quantitative estimate of drug-likeness (QED) is 0.0735. The van der Waals surface area contributed by atoms with E-state index in [9.17, 15) is 24.3 Å². The van der Waals surface area contributed by atoms with Crippen molar-refractivity contribution < 1.29 is 33.8 Å². The van der Waals surface area contributed by atoms with Gasteiger partial charge in [-0.1, -0.05) is 34.6 Å². The highest BCUT2D eigenvalue weighted by Crippen LogP contribution is 2.41. The molecule has 5 rings (SSSR count). The molecule has 4 atom stereocenters. The van der Waals surface area contributed by atoms with Crippen molar-refractivity contribution in [2.24, 2.45) is 11.3 Å². The number of fused-ring (bicyclic) bond motifs is 1. The Morgan fingerprint density at radius 1 is 1.17 bits per heavy atom. The molecule has 15 heteroatoms. The first kappa shape index (κ1) is 49.2. The van der Waals surface area contributed by atoms with E-state index in [4.69, 9.17) is 9.47 Å². The number of benzene rings is 1. The van der Waals surface area contributed by atoms with Crippen molar-refractivity contribution in [2.45, 2.75) is 112 Å². The van der Waals surface area contributed by atoms with Crippen LogP contribution < -0.4 is 16.1 Å². The van der Waals surface area contributed by atoms with E-state index in [0.29, 0.717) is 32.5 Å². The molecule has 2 aliphatic heterocycles. The average molecular weight is 840 g/mol. The minimum Gasteiger partial charge on any atom is -0.465 e. The number of ether oxygens (including phenoxy) is 2. The molecule has 14 nitrogen and oxygen atoms in total. The van der Waals surface area contributed by atoms with Crippen molar-refractivity contribution in [1.29, 1.82) is 0 Å². The molecule has 0 radical (unpaired) electrons. The second-order valence-electron chi connectivity index (χ2n) is 16.3. The molecule has 4 N–H and O–H groups in total. The van der Waals surface area contributed by atoms with E-state index in [0.717, 1.165) is 64.7 Å². The highest BCUT2D eigenvalue weighted by molar-refractivity contribution is 8.06. The molecule has 59 heavy (non-hydrogen) atoms. The van der Waals surface area contributed by atoms with Gasteiger partial charge < -0.3 is 34.7 Å². The van der Waals surface area contributed by atoms with Crippen LogP contribution in [0.1, 0.15) is 92.5 Å². The summed E-state index contributed by atoms with van der Waals surface area (Å²) >= 11 is 2.02. The number of aliphatic hydroxyl groups is 1. The molecule has 0 spiro atoms. The van der Waals surface area contributed by atoms with Crippen LogP contribution in [0.3, 0.4) is 0 Å². The predicted octanol–water partition coefficient (Wildman–Crippen LogP) is 5.82. The Labute approximate surface area is 355 Å². The first-order chi connectivity index (χ1) is 28.0. The summed E-state index contributed by atoms with van der Waals surface area (Å²) in [6, 6.07) is 9.18. The van der Waals surface area contributed by atoms with Crippen molar-refractivity contribution in [3.63, 3.8) is 0 Å². The molecular formula is C44H69N7O7S. The van der Waals surface area contributed by atoms with Crippen molar-refractivity contribution in [2.75, 3.05) is 58.1 Å². The zero-order valence-corrected chi connectivity index (χ0v) is 37.9. The zero-order valence-electron chi connectivity index (χ0n) is 37.1. The van der Waals surface area contributed by atoms with Gasteiger partial charge in [-0.25, -0.2) is 5.43 Å². The first-order valence-electron chi connectivity index (χ1n) is 20.7. The van der Waals surface area contributed by atoms with Gasteiger partial charge in [-0.05, 0) is 81.8 Å². The van der Waals surface area contributed by atoms with E-state index < -0.39 is 12.1 Å². The number of anilines is 1. The highest BCUT2D eigenvalue weighted by atomic mass is 32.2. The Balaban J connectivity index is 0.000000315. The van der Waals surface area contributed by atoms with Crippen LogP contribution in [0.4, 0.5) is 5.69 Å². The maximum Gasteiger partial charge on any atom is 0.302 e. The lowest BCUT2D eigenvalue weighted by Gasteiger charge is -2.32. The number of aliphatic hydroxyl groups excluding tert-OH is 1. The number of rotatable bonds is 17. The Hall–Kier alpha value is -4.18. The number of carbonyl (C=O) groups is 4. The molecule has 2 aromatic heterocycles. The van der Waals surface area contributed by atoms with Crippen LogP contribution in [0.25, 0.3) is 22.2 Å². The second kappa shape index (κ2) is 23.6. The van der Waals surface area contributed by atoms with Crippen LogP contribution >= 0.6 is 11.8 Å². The van der Waals surface area contributed by atoms with Crippen LogP contribution in [-0.2, 0) is 41.6 Å². The lowest BCUT2D eigenvalue weighted by atomic mass is 9.84. The highest BCUT2D eigenvalue weighted by Gasteiger charge is 2.31. The van der Waals surface area contributed by atoms with Gasteiger partial charge in [-0.15, -0.1) is 0 Å². The summed E-state index contributed by atoms with van der Waals surface area (Å²) in [5.74, 6) is 0.635. The normalized spacial score (nSPS) is 16.4. The smallest absolute Gasteiger partial charge is 0.302 e. The molecule has 1 aromatic carbocycles. The van der Waals surface area contributed by atoms with Gasteiger partial charge in [0, 0.05) is 92.0 Å². The molecule has 4 heterocycles. The fourth-order valence-corrected chi connectivity index (χ4v) is 7.21. The molecule has 0 bridgehead atoms. The third-order valence-corrected chi connectivity index (χ3v) is 11.2. The van der Waals surface area contributed by atoms with Gasteiger partial charge in [-0.3, -0.25) is 29.2 Å². The molecule has 2 saturated heterocycles. The summed E-state index contributed by atoms with van der Waals surface area (Å²) in [7, 11) is 3.26. The topological polar surface area (TPSA) is 167 Å². The van der Waals surface area contributed by atoms with Gasteiger partial charge in [-0.2, -0.15) is 11.8 Å². The van der Waals surface area contributed by atoms with Crippen LogP contribution in [0.5, 0.6) is 0 Å². The van der Waals surface area contributed by atoms with E-state index in [1.165, 1.54) is 23.1 Å². The molecule has 4 unspecified atom stereocenters. The van der Waals surface area contributed by atoms with Crippen LogP contribution in [0, 0.1) is 11.3 Å². The van der Waals surface area contributed by atoms with E-state index in [1.54, 1.807) is 32.3 Å². The monoisotopic (exact) mass is 839 g/mol. The van der Waals surface area contributed by atoms with Gasteiger partial charge >= 0.3 is 5.97 Å². The third-order valence-electron chi connectivity index (χ3n) is 10.2. The molecule has 2 fully saturated rings. The fraction of sp³-hybridized carbons (Fsp3) is 0.614. The Kier molecular flexibility index (Phi) is 19.6. The molecule has 2 aliphatic rings. The maximum atomic E-state index is 12.3. The van der Waals surface area contributed by atoms with Gasteiger partial charge in [0.2, 0.25) is 12.3 Å². The number of hydrazine groups is 1. The van der Waals surface area contributed by atoms with Crippen LogP contribution in [0.15, 0.2) is 36.5 Å². The number of aryl methyl sites for hydroxylation is 1. The van der Waals surface area contributed by atoms with E-state index in [-0.39, 0.29) is 41.8 Å². The summed E-state index contributed by atoms with van der Waals surface area (Å²) in [5, 5.41) is 18.9. The van der Waals surface area contributed by atoms with Crippen LogP contribution in [-0.4, -0.2) is 119 Å². The van der Waals surface area contributed by atoms with E-state index >= 15 is 0 Å². The van der Waals surface area contributed by atoms with E-state index in [2.05, 4.69) is 71.5 Å². The number of nitrogens with zero attached hydrogens (tertiary/aromatic N) is 4. The SMILES string of the molecule is CC(NC(=O)C(C(C)C)N(C)C=O)C(=O)N1CCCCN1.CC1CS1.CCn1c(-c2cccnc2C(C)OC)c(CC(C)(C)COC(C)=O)c2cc(NCCO)ccc21. The van der Waals surface area contributed by atoms with Gasteiger partial charge in [0.1, 0.15) is 12.1 Å². The number of hydrogen-bond acceptors (Lipinski definition) is 11. The molecule has 0 aliphatic carbocycles. The minimum absolute atomic E-state index is 0.0318. The van der Waals surface area contributed by atoms with E-state index in [1.807, 2.05) is 44.7 Å². The number of amides is 3. The summed E-state index contributed by atoms with van der Waals surface area (Å²) in [4.78, 5) is 52.9. The molecule has 3 aromatic rings. The fourth-order valence-electron chi connectivity index (χ4n) is 7.02. The summed E-state index contributed by atoms with van der Waals surface area (Å²) in [5.41, 5.74) is 9.05. The van der Waals surface area contributed by atoms with Gasteiger partial charge in [0.15, 0.2) is 0 Å². The van der Waals surface area contributed by atoms with Crippen molar-refractivity contribution in [1.82, 2.24) is 30.2 Å². The summed E-state index contributed by atoms with van der Waals surface area (Å²) in [6.07, 6.45) is 4.98. The number of carbonyl (C=O) groups excluding carboxylic acids is 4. The summed E-state index contributed by atoms with van der Waals surface area (Å²) < 4.78 is 13.4. The summed E-state index contributed by atoms with van der Waals surface area (Å²) in [6.45, 7) is 20.5. The number of likely N-dealkylation sites (N-methyl/N-ethyl adjacent to an activating group) is 1. The molecule has 0 saturated carbocycles. The zero-order chi connectivity index (χ0) is 43.9. The number of thioether (sulfide) groups is 1.